The molecule has 2 aliphatic heterocycles. The van der Waals surface area contributed by atoms with Crippen LogP contribution < -0.4 is 5.32 Å². The minimum Gasteiger partial charge on any atom is -0.346 e. The lowest BCUT2D eigenvalue weighted by Gasteiger charge is -2.46. The summed E-state index contributed by atoms with van der Waals surface area (Å²) in [6.45, 7) is 8.08. The highest BCUT2D eigenvalue weighted by Gasteiger charge is 2.40. The van der Waals surface area contributed by atoms with Crippen molar-refractivity contribution in [2.75, 3.05) is 32.7 Å². The van der Waals surface area contributed by atoms with Crippen molar-refractivity contribution in [2.24, 2.45) is 0 Å². The molecule has 2 aliphatic rings. The van der Waals surface area contributed by atoms with Crippen molar-refractivity contribution in [1.82, 2.24) is 15.1 Å². The molecule has 2 aromatic rings. The van der Waals surface area contributed by atoms with Crippen molar-refractivity contribution >= 4 is 11.7 Å². The van der Waals surface area contributed by atoms with Gasteiger partial charge in [-0.1, -0.05) is 66.6 Å². The summed E-state index contributed by atoms with van der Waals surface area (Å²) >= 11 is 0. The Morgan fingerprint density at radius 3 is 2.31 bits per heavy atom. The highest BCUT2D eigenvalue weighted by atomic mass is 19.1. The highest BCUT2D eigenvalue weighted by molar-refractivity contribution is 6.01. The first-order valence-corrected chi connectivity index (χ1v) is 13.4. The largest absolute Gasteiger partial charge is 0.346 e. The number of rotatable bonds is 9. The van der Waals surface area contributed by atoms with E-state index in [1.165, 1.54) is 37.3 Å². The van der Waals surface area contributed by atoms with Crippen molar-refractivity contribution in [3.8, 4) is 0 Å². The van der Waals surface area contributed by atoms with Crippen LogP contribution in [-0.4, -0.2) is 66.6 Å². The Hall–Kier alpha value is -2.57. The van der Waals surface area contributed by atoms with Crippen LogP contribution in [0.1, 0.15) is 66.9 Å². The summed E-state index contributed by atoms with van der Waals surface area (Å²) in [5.41, 5.74) is 3.12. The minimum atomic E-state index is -1.29. The number of piperidine rings is 2. The topological polar surface area (TPSA) is 52.7 Å². The van der Waals surface area contributed by atoms with Crippen LogP contribution in [0.3, 0.4) is 0 Å². The molecule has 6 heteroatoms. The van der Waals surface area contributed by atoms with Crippen LogP contribution in [-0.2, 0) is 10.2 Å². The van der Waals surface area contributed by atoms with E-state index in [1.807, 2.05) is 11.0 Å². The van der Waals surface area contributed by atoms with Crippen LogP contribution in [0.4, 0.5) is 4.39 Å². The number of Topliss-reactive ketones (excluding diaryl/α,β-unsaturated/α-hetero) is 1. The molecule has 2 aromatic carbocycles. The van der Waals surface area contributed by atoms with Crippen LogP contribution in [0.5, 0.6) is 0 Å². The van der Waals surface area contributed by atoms with Gasteiger partial charge in [0.15, 0.2) is 12.1 Å². The number of benzene rings is 2. The Morgan fingerprint density at radius 2 is 1.67 bits per heavy atom. The summed E-state index contributed by atoms with van der Waals surface area (Å²) in [7, 11) is 0. The maximum atomic E-state index is 15.7. The third-order valence-corrected chi connectivity index (χ3v) is 7.94. The van der Waals surface area contributed by atoms with Gasteiger partial charge in [-0.2, -0.15) is 0 Å². The number of amides is 1. The van der Waals surface area contributed by atoms with E-state index in [2.05, 4.69) is 41.4 Å². The molecule has 0 spiro atoms. The quantitative estimate of drug-likeness (QED) is 0.399. The first-order chi connectivity index (χ1) is 17.4. The Kier molecular flexibility index (Phi) is 8.91. The SMILES string of the molecule is CC(=O)NC(CC(F)N1CCC(CN2CCCCC2)(c2cccc(C)c2)CC1)C(=O)c1ccccc1. The Bertz CT molecular complexity index is 1010. The van der Waals surface area contributed by atoms with Crippen LogP contribution in [0, 0.1) is 6.92 Å². The summed E-state index contributed by atoms with van der Waals surface area (Å²) in [6, 6.07) is 16.8. The number of alkyl halides is 1. The number of hydrogen-bond acceptors (Lipinski definition) is 4. The van der Waals surface area contributed by atoms with Crippen molar-refractivity contribution in [1.29, 1.82) is 0 Å². The summed E-state index contributed by atoms with van der Waals surface area (Å²) in [5, 5.41) is 2.69. The third-order valence-electron chi connectivity index (χ3n) is 7.94. The predicted octanol–water partition coefficient (Wildman–Crippen LogP) is 4.89. The molecule has 1 amide bonds. The van der Waals surface area contributed by atoms with E-state index in [-0.39, 0.29) is 23.5 Å². The molecule has 2 atom stereocenters. The summed E-state index contributed by atoms with van der Waals surface area (Å²) in [6.07, 6.45) is 4.24. The lowest BCUT2D eigenvalue weighted by molar-refractivity contribution is -0.119. The molecule has 0 radical (unpaired) electrons. The van der Waals surface area contributed by atoms with Gasteiger partial charge < -0.3 is 10.2 Å². The molecule has 2 fully saturated rings. The average Bonchev–Trinajstić information content (AvgIpc) is 2.89. The molecular weight excluding hydrogens is 453 g/mol. The van der Waals surface area contributed by atoms with Gasteiger partial charge in [-0.15, -0.1) is 0 Å². The van der Waals surface area contributed by atoms with Crippen molar-refractivity contribution < 1.29 is 14.0 Å². The normalized spacial score (nSPS) is 20.4. The summed E-state index contributed by atoms with van der Waals surface area (Å²) < 4.78 is 15.7. The van der Waals surface area contributed by atoms with Gasteiger partial charge in [0.1, 0.15) is 0 Å². The van der Waals surface area contributed by atoms with Gasteiger partial charge in [0.25, 0.3) is 0 Å². The van der Waals surface area contributed by atoms with E-state index in [9.17, 15) is 9.59 Å². The van der Waals surface area contributed by atoms with Crippen molar-refractivity contribution in [3.63, 3.8) is 0 Å². The van der Waals surface area contributed by atoms with E-state index in [4.69, 9.17) is 0 Å². The van der Waals surface area contributed by atoms with E-state index >= 15 is 4.39 Å². The minimum absolute atomic E-state index is 0.0104. The number of carbonyl (C=O) groups excluding carboxylic acids is 2. The zero-order chi connectivity index (χ0) is 25.5. The molecule has 0 aliphatic carbocycles. The van der Waals surface area contributed by atoms with Gasteiger partial charge in [0.2, 0.25) is 5.91 Å². The second kappa shape index (κ2) is 12.1. The Balaban J connectivity index is 1.45. The number of ketones is 1. The van der Waals surface area contributed by atoms with Gasteiger partial charge in [-0.3, -0.25) is 14.5 Å². The summed E-state index contributed by atoms with van der Waals surface area (Å²) in [5.74, 6) is -0.570. The number of hydrogen-bond donors (Lipinski definition) is 1. The lowest BCUT2D eigenvalue weighted by Crippen LogP contribution is -2.52. The molecule has 2 saturated heterocycles. The third kappa shape index (κ3) is 6.60. The number of nitrogens with zero attached hydrogens (tertiary/aromatic N) is 2. The molecule has 2 heterocycles. The first-order valence-electron chi connectivity index (χ1n) is 13.4. The maximum absolute atomic E-state index is 15.7. The van der Waals surface area contributed by atoms with Crippen LogP contribution in [0.2, 0.25) is 0 Å². The van der Waals surface area contributed by atoms with Crippen molar-refractivity contribution in [2.45, 2.75) is 70.1 Å². The molecular formula is C30H40FN3O2. The van der Waals surface area contributed by atoms with Crippen molar-refractivity contribution in [3.05, 3.63) is 71.3 Å². The highest BCUT2D eigenvalue weighted by Crippen LogP contribution is 2.38. The maximum Gasteiger partial charge on any atom is 0.217 e. The van der Waals surface area contributed by atoms with Crippen LogP contribution in [0.15, 0.2) is 54.6 Å². The number of carbonyl (C=O) groups is 2. The molecule has 1 N–H and O–H groups in total. The van der Waals surface area contributed by atoms with Gasteiger partial charge in [-0.25, -0.2) is 4.39 Å². The second-order valence-electron chi connectivity index (χ2n) is 10.7. The fraction of sp³-hybridized carbons (Fsp3) is 0.533. The van der Waals surface area contributed by atoms with Crippen LogP contribution >= 0.6 is 0 Å². The van der Waals surface area contributed by atoms with E-state index in [0.717, 1.165) is 32.5 Å². The molecule has 2 unspecified atom stereocenters. The smallest absolute Gasteiger partial charge is 0.217 e. The fourth-order valence-corrected chi connectivity index (χ4v) is 5.91. The molecule has 0 bridgehead atoms. The molecule has 36 heavy (non-hydrogen) atoms. The van der Waals surface area contributed by atoms with Gasteiger partial charge >= 0.3 is 0 Å². The predicted molar refractivity (Wildman–Crippen MR) is 142 cm³/mol. The molecule has 0 aromatic heterocycles. The lowest BCUT2D eigenvalue weighted by atomic mass is 9.71. The number of halogens is 1. The first kappa shape index (κ1) is 26.5. The Labute approximate surface area is 215 Å². The average molecular weight is 494 g/mol. The van der Waals surface area contributed by atoms with E-state index in [1.54, 1.807) is 24.3 Å². The second-order valence-corrected chi connectivity index (χ2v) is 10.7. The Morgan fingerprint density at radius 1 is 0.972 bits per heavy atom. The van der Waals surface area contributed by atoms with Gasteiger partial charge in [0, 0.05) is 44.0 Å². The number of aryl methyl sites for hydroxylation is 1. The molecule has 5 nitrogen and oxygen atoms in total. The van der Waals surface area contributed by atoms with Gasteiger partial charge in [-0.05, 0) is 51.3 Å². The molecule has 4 rings (SSSR count). The fourth-order valence-electron chi connectivity index (χ4n) is 5.91. The van der Waals surface area contributed by atoms with Crippen LogP contribution in [0.25, 0.3) is 0 Å². The zero-order valence-corrected chi connectivity index (χ0v) is 21.7. The van der Waals surface area contributed by atoms with E-state index < -0.39 is 12.3 Å². The number of nitrogens with one attached hydrogen (secondary N) is 1. The zero-order valence-electron chi connectivity index (χ0n) is 21.7. The summed E-state index contributed by atoms with van der Waals surface area (Å²) in [4.78, 5) is 29.3. The molecule has 194 valence electrons. The number of likely N-dealkylation sites (tertiary alicyclic amines) is 2. The van der Waals surface area contributed by atoms with E-state index in [0.29, 0.717) is 18.7 Å². The van der Waals surface area contributed by atoms with Gasteiger partial charge in [0.05, 0.1) is 6.04 Å². The molecule has 0 saturated carbocycles. The standard InChI is InChI=1S/C30H40FN3O2/c1-23-10-9-13-26(20-23)30(22-33-16-7-4-8-17-33)14-18-34(19-15-30)28(31)21-27(32-24(2)35)29(36)25-11-5-3-6-12-25/h3,5-6,9-13,20,27-28H,4,7-8,14-19,21-22H2,1-2H3,(H,32,35). The monoisotopic (exact) mass is 493 g/mol.